The number of allylic oxidation sites excluding steroid dienone is 2. The van der Waals surface area contributed by atoms with E-state index in [4.69, 9.17) is 0 Å². The van der Waals surface area contributed by atoms with Gasteiger partial charge in [0.15, 0.2) is 0 Å². The van der Waals surface area contributed by atoms with E-state index in [1.54, 1.807) is 0 Å². The summed E-state index contributed by atoms with van der Waals surface area (Å²) in [5, 5.41) is 0. The summed E-state index contributed by atoms with van der Waals surface area (Å²) >= 11 is 0. The van der Waals surface area contributed by atoms with Gasteiger partial charge in [0.05, 0.1) is 0 Å². The normalized spacial score (nSPS) is 30.3. The van der Waals surface area contributed by atoms with Gasteiger partial charge >= 0.3 is 0 Å². The van der Waals surface area contributed by atoms with Crippen molar-refractivity contribution in [3.05, 3.63) is 11.8 Å². The molecule has 2 aliphatic heterocycles. The zero-order valence-electron chi connectivity index (χ0n) is 6.25. The fraction of sp³-hybridized carbons (Fsp3) is 0.625. The predicted molar refractivity (Wildman–Crippen MR) is 42.0 cm³/mol. The van der Waals surface area contributed by atoms with Crippen molar-refractivity contribution in [1.29, 1.82) is 0 Å². The van der Waals surface area contributed by atoms with Crippen LogP contribution in [0.15, 0.2) is 16.8 Å². The van der Waals surface area contributed by atoms with Crippen LogP contribution in [0.3, 0.4) is 0 Å². The van der Waals surface area contributed by atoms with E-state index in [2.05, 4.69) is 22.9 Å². The Kier molecular flexibility index (Phi) is 1.26. The lowest BCUT2D eigenvalue weighted by Gasteiger charge is -2.24. The van der Waals surface area contributed by atoms with Crippen LogP contribution in [-0.4, -0.2) is 23.8 Å². The van der Waals surface area contributed by atoms with Crippen molar-refractivity contribution in [1.82, 2.24) is 4.90 Å². The molecular weight excluding hydrogens is 124 g/mol. The molecule has 0 aromatic carbocycles. The standard InChI is InChI=1S/C8H12N2/c1-7-2-3-8-4-5-9-6-10(7)8/h4-5,7H,2-3,6H2,1H3/t7-/m0/s1. The molecule has 0 spiro atoms. The highest BCUT2D eigenvalue weighted by atomic mass is 15.2. The first-order chi connectivity index (χ1) is 4.88. The minimum absolute atomic E-state index is 0.712. The average molecular weight is 136 g/mol. The van der Waals surface area contributed by atoms with Gasteiger partial charge in [0.1, 0.15) is 6.67 Å². The molecule has 1 fully saturated rings. The second-order valence-corrected chi connectivity index (χ2v) is 2.99. The molecule has 0 bridgehead atoms. The van der Waals surface area contributed by atoms with Crippen molar-refractivity contribution >= 4 is 6.21 Å². The van der Waals surface area contributed by atoms with Gasteiger partial charge in [0.2, 0.25) is 0 Å². The van der Waals surface area contributed by atoms with Gasteiger partial charge in [0, 0.05) is 18.0 Å². The average Bonchev–Trinajstić information content (AvgIpc) is 2.34. The lowest BCUT2D eigenvalue weighted by atomic mass is 10.2. The Hall–Kier alpha value is -0.790. The minimum atomic E-state index is 0.712. The first kappa shape index (κ1) is 5.96. The highest BCUT2D eigenvalue weighted by molar-refractivity contribution is 5.73. The third kappa shape index (κ3) is 0.753. The molecule has 10 heavy (non-hydrogen) atoms. The number of rotatable bonds is 0. The second-order valence-electron chi connectivity index (χ2n) is 2.99. The quantitative estimate of drug-likeness (QED) is 0.491. The van der Waals surface area contributed by atoms with Crippen LogP contribution in [0.1, 0.15) is 19.8 Å². The van der Waals surface area contributed by atoms with Crippen molar-refractivity contribution in [3.63, 3.8) is 0 Å². The molecule has 0 amide bonds. The summed E-state index contributed by atoms with van der Waals surface area (Å²) in [5.41, 5.74) is 1.47. The van der Waals surface area contributed by atoms with Gasteiger partial charge in [-0.05, 0) is 25.8 Å². The lowest BCUT2D eigenvalue weighted by Crippen LogP contribution is -2.27. The fourth-order valence-electron chi connectivity index (χ4n) is 1.62. The maximum Gasteiger partial charge on any atom is 0.110 e. The van der Waals surface area contributed by atoms with Crippen LogP contribution in [0, 0.1) is 0 Å². The van der Waals surface area contributed by atoms with Gasteiger partial charge in [-0.25, -0.2) is 0 Å². The molecule has 2 heterocycles. The van der Waals surface area contributed by atoms with Gasteiger partial charge < -0.3 is 4.90 Å². The summed E-state index contributed by atoms with van der Waals surface area (Å²) in [6.45, 7) is 3.15. The predicted octanol–water partition coefficient (Wildman–Crippen LogP) is 1.40. The summed E-state index contributed by atoms with van der Waals surface area (Å²) in [5.74, 6) is 0. The van der Waals surface area contributed by atoms with E-state index in [0.29, 0.717) is 6.04 Å². The Morgan fingerprint density at radius 3 is 3.40 bits per heavy atom. The minimum Gasteiger partial charge on any atom is -0.353 e. The topological polar surface area (TPSA) is 15.6 Å². The maximum absolute atomic E-state index is 4.19. The zero-order chi connectivity index (χ0) is 6.97. The Labute approximate surface area is 61.2 Å². The van der Waals surface area contributed by atoms with Gasteiger partial charge in [-0.2, -0.15) is 0 Å². The Bertz CT molecular complexity index is 193. The van der Waals surface area contributed by atoms with Gasteiger partial charge in [0.25, 0.3) is 0 Å². The Morgan fingerprint density at radius 2 is 2.60 bits per heavy atom. The Balaban J connectivity index is 2.23. The molecule has 0 aliphatic carbocycles. The van der Waals surface area contributed by atoms with Crippen LogP contribution in [0.5, 0.6) is 0 Å². The van der Waals surface area contributed by atoms with E-state index in [0.717, 1.165) is 6.67 Å². The van der Waals surface area contributed by atoms with Crippen LogP contribution in [-0.2, 0) is 0 Å². The SMILES string of the molecule is C[C@H]1CCC2=CC=NCN21. The van der Waals surface area contributed by atoms with E-state index in [1.807, 2.05) is 6.21 Å². The highest BCUT2D eigenvalue weighted by Gasteiger charge is 2.24. The van der Waals surface area contributed by atoms with Crippen LogP contribution in [0.4, 0.5) is 0 Å². The third-order valence-corrected chi connectivity index (χ3v) is 2.33. The van der Waals surface area contributed by atoms with Crippen molar-refractivity contribution < 1.29 is 0 Å². The lowest BCUT2D eigenvalue weighted by molar-refractivity contribution is 0.319. The van der Waals surface area contributed by atoms with Crippen molar-refractivity contribution in [3.8, 4) is 0 Å². The molecule has 0 radical (unpaired) electrons. The highest BCUT2D eigenvalue weighted by Crippen LogP contribution is 2.27. The molecule has 1 atom stereocenters. The smallest absolute Gasteiger partial charge is 0.110 e. The third-order valence-electron chi connectivity index (χ3n) is 2.33. The maximum atomic E-state index is 4.19. The molecule has 2 aliphatic rings. The number of aliphatic imine (C=N–C) groups is 1. The monoisotopic (exact) mass is 136 g/mol. The molecular formula is C8H12N2. The van der Waals surface area contributed by atoms with Crippen LogP contribution in [0.25, 0.3) is 0 Å². The molecule has 0 N–H and O–H groups in total. The number of fused-ring (bicyclic) bond motifs is 1. The number of hydrogen-bond acceptors (Lipinski definition) is 2. The van der Waals surface area contributed by atoms with Crippen molar-refractivity contribution in [2.45, 2.75) is 25.8 Å². The van der Waals surface area contributed by atoms with Crippen LogP contribution < -0.4 is 0 Å². The summed E-state index contributed by atoms with van der Waals surface area (Å²) in [6, 6.07) is 0.712. The Morgan fingerprint density at radius 1 is 1.70 bits per heavy atom. The molecule has 1 saturated heterocycles. The number of hydrogen-bond donors (Lipinski definition) is 0. The van der Waals surface area contributed by atoms with Crippen molar-refractivity contribution in [2.75, 3.05) is 6.67 Å². The molecule has 2 heteroatoms. The molecule has 54 valence electrons. The van der Waals surface area contributed by atoms with Gasteiger partial charge in [-0.3, -0.25) is 4.99 Å². The first-order valence-electron chi connectivity index (χ1n) is 3.83. The largest absolute Gasteiger partial charge is 0.353 e. The second kappa shape index (κ2) is 2.11. The van der Waals surface area contributed by atoms with Crippen LogP contribution in [0.2, 0.25) is 0 Å². The van der Waals surface area contributed by atoms with Crippen molar-refractivity contribution in [2.24, 2.45) is 4.99 Å². The first-order valence-corrected chi connectivity index (χ1v) is 3.83. The molecule has 2 rings (SSSR count). The van der Waals surface area contributed by atoms with Crippen LogP contribution >= 0.6 is 0 Å². The van der Waals surface area contributed by atoms with Gasteiger partial charge in [-0.1, -0.05) is 0 Å². The van der Waals surface area contributed by atoms with Gasteiger partial charge in [-0.15, -0.1) is 0 Å². The fourth-order valence-corrected chi connectivity index (χ4v) is 1.62. The molecule has 2 nitrogen and oxygen atoms in total. The summed E-state index contributed by atoms with van der Waals surface area (Å²) in [7, 11) is 0. The molecule has 0 saturated carbocycles. The van der Waals surface area contributed by atoms with E-state index >= 15 is 0 Å². The van der Waals surface area contributed by atoms with E-state index in [9.17, 15) is 0 Å². The zero-order valence-corrected chi connectivity index (χ0v) is 6.25. The number of nitrogens with zero attached hydrogens (tertiary/aromatic N) is 2. The summed E-state index contributed by atoms with van der Waals surface area (Å²) in [4.78, 5) is 6.57. The molecule has 0 unspecified atom stereocenters. The molecule has 0 aromatic rings. The molecule has 0 aromatic heterocycles. The van der Waals surface area contributed by atoms with E-state index in [1.165, 1.54) is 18.5 Å². The van der Waals surface area contributed by atoms with E-state index < -0.39 is 0 Å². The summed E-state index contributed by atoms with van der Waals surface area (Å²) < 4.78 is 0. The van der Waals surface area contributed by atoms with E-state index in [-0.39, 0.29) is 0 Å². The summed E-state index contributed by atoms with van der Waals surface area (Å²) in [6.07, 6.45) is 6.60.